The molecular weight excluding hydrogens is 178 g/mol. The predicted octanol–water partition coefficient (Wildman–Crippen LogP) is 0.806. The maximum absolute atomic E-state index is 5.76. The number of hydrogen-bond donors (Lipinski definition) is 2. The van der Waals surface area contributed by atoms with Crippen molar-refractivity contribution in [2.45, 2.75) is 13.8 Å². The summed E-state index contributed by atoms with van der Waals surface area (Å²) < 4.78 is 0. The lowest BCUT2D eigenvalue weighted by Crippen LogP contribution is -2.03. The van der Waals surface area contributed by atoms with Crippen molar-refractivity contribution < 1.29 is 0 Å². The van der Waals surface area contributed by atoms with Gasteiger partial charge >= 0.3 is 0 Å². The summed E-state index contributed by atoms with van der Waals surface area (Å²) in [6.45, 7) is 3.94. The molecule has 0 unspecified atom stereocenters. The number of pyridine rings is 1. The highest BCUT2D eigenvalue weighted by Gasteiger charge is 2.08. The Labute approximate surface area is 81.2 Å². The zero-order valence-corrected chi connectivity index (χ0v) is 8.07. The van der Waals surface area contributed by atoms with E-state index in [0.29, 0.717) is 11.5 Å². The largest absolute Gasteiger partial charge is 0.383 e. The molecule has 0 aliphatic carbocycles. The van der Waals surface area contributed by atoms with Crippen molar-refractivity contribution in [3.8, 4) is 0 Å². The number of nitrogen functional groups attached to an aromatic ring is 2. The van der Waals surface area contributed by atoms with Crippen LogP contribution in [0.5, 0.6) is 0 Å². The molecule has 0 radical (unpaired) electrons. The number of fused-ring (bicyclic) bond motifs is 1. The molecule has 72 valence electrons. The van der Waals surface area contributed by atoms with Gasteiger partial charge in [0, 0.05) is 6.20 Å². The Hall–Kier alpha value is -1.91. The summed E-state index contributed by atoms with van der Waals surface area (Å²) in [6, 6.07) is 0. The molecule has 2 rings (SSSR count). The van der Waals surface area contributed by atoms with Crippen molar-refractivity contribution in [1.29, 1.82) is 0 Å². The van der Waals surface area contributed by atoms with Gasteiger partial charge in [0.2, 0.25) is 5.95 Å². The maximum atomic E-state index is 5.76. The van der Waals surface area contributed by atoms with Crippen LogP contribution in [0.25, 0.3) is 11.0 Å². The molecular formula is C9H11N5. The summed E-state index contributed by atoms with van der Waals surface area (Å²) in [5, 5.41) is 0.791. The molecule has 0 fully saturated rings. The van der Waals surface area contributed by atoms with Gasteiger partial charge in [-0.05, 0) is 25.0 Å². The van der Waals surface area contributed by atoms with E-state index in [0.717, 1.165) is 16.5 Å². The van der Waals surface area contributed by atoms with Crippen LogP contribution in [0.15, 0.2) is 6.20 Å². The van der Waals surface area contributed by atoms with Gasteiger partial charge in [0.05, 0.1) is 5.39 Å². The topological polar surface area (TPSA) is 90.7 Å². The molecule has 2 aromatic heterocycles. The van der Waals surface area contributed by atoms with Crippen molar-refractivity contribution in [2.24, 2.45) is 0 Å². The summed E-state index contributed by atoms with van der Waals surface area (Å²) in [7, 11) is 0. The Morgan fingerprint density at radius 3 is 2.57 bits per heavy atom. The van der Waals surface area contributed by atoms with Gasteiger partial charge in [-0.2, -0.15) is 9.97 Å². The molecule has 0 spiro atoms. The van der Waals surface area contributed by atoms with Crippen LogP contribution in [-0.2, 0) is 0 Å². The fourth-order valence-electron chi connectivity index (χ4n) is 1.39. The van der Waals surface area contributed by atoms with E-state index >= 15 is 0 Å². The number of nitrogens with zero attached hydrogens (tertiary/aromatic N) is 3. The normalized spacial score (nSPS) is 10.7. The number of anilines is 2. The monoisotopic (exact) mass is 189 g/mol. The third-order valence-electron chi connectivity index (χ3n) is 2.28. The fourth-order valence-corrected chi connectivity index (χ4v) is 1.39. The first-order chi connectivity index (χ1) is 6.59. The van der Waals surface area contributed by atoms with E-state index in [1.165, 1.54) is 0 Å². The second-order valence-electron chi connectivity index (χ2n) is 3.23. The zero-order valence-electron chi connectivity index (χ0n) is 8.07. The molecule has 0 aliphatic heterocycles. The molecule has 5 heteroatoms. The first-order valence-corrected chi connectivity index (χ1v) is 4.24. The van der Waals surface area contributed by atoms with Gasteiger partial charge in [0.1, 0.15) is 5.82 Å². The maximum Gasteiger partial charge on any atom is 0.224 e. The van der Waals surface area contributed by atoms with Crippen molar-refractivity contribution >= 4 is 22.8 Å². The van der Waals surface area contributed by atoms with Gasteiger partial charge in [-0.3, -0.25) is 0 Å². The quantitative estimate of drug-likeness (QED) is 0.639. The number of hydrogen-bond acceptors (Lipinski definition) is 5. The van der Waals surface area contributed by atoms with Crippen LogP contribution in [0, 0.1) is 13.8 Å². The van der Waals surface area contributed by atoms with Gasteiger partial charge in [0.25, 0.3) is 0 Å². The lowest BCUT2D eigenvalue weighted by atomic mass is 10.1. The summed E-state index contributed by atoms with van der Waals surface area (Å²) in [6.07, 6.45) is 1.75. The number of aromatic nitrogens is 3. The van der Waals surface area contributed by atoms with Crippen molar-refractivity contribution in [2.75, 3.05) is 11.5 Å². The minimum atomic E-state index is 0.158. The molecule has 0 saturated heterocycles. The Bertz CT molecular complexity index is 506. The highest BCUT2D eigenvalue weighted by Crippen LogP contribution is 2.22. The standard InChI is InChI=1S/C9H11N5/c1-4-3-12-8-6(5(4)2)7(10)13-9(11)14-8/h3H,1-2H3,(H4,10,11,12,13,14). The lowest BCUT2D eigenvalue weighted by Gasteiger charge is -2.06. The van der Waals surface area contributed by atoms with Gasteiger partial charge in [-0.1, -0.05) is 0 Å². The minimum absolute atomic E-state index is 0.158. The first-order valence-electron chi connectivity index (χ1n) is 4.24. The molecule has 0 saturated carbocycles. The Kier molecular flexibility index (Phi) is 1.73. The van der Waals surface area contributed by atoms with Crippen LogP contribution < -0.4 is 11.5 Å². The highest BCUT2D eigenvalue weighted by atomic mass is 15.1. The van der Waals surface area contributed by atoms with Gasteiger partial charge in [-0.25, -0.2) is 4.98 Å². The van der Waals surface area contributed by atoms with Gasteiger partial charge in [-0.15, -0.1) is 0 Å². The average molecular weight is 189 g/mol. The van der Waals surface area contributed by atoms with Gasteiger partial charge < -0.3 is 11.5 Å². The van der Waals surface area contributed by atoms with E-state index in [1.54, 1.807) is 6.20 Å². The fraction of sp³-hybridized carbons (Fsp3) is 0.222. The highest BCUT2D eigenvalue weighted by molar-refractivity contribution is 5.89. The first kappa shape index (κ1) is 8.68. The van der Waals surface area contributed by atoms with Crippen molar-refractivity contribution in [1.82, 2.24) is 15.0 Å². The number of rotatable bonds is 0. The average Bonchev–Trinajstić information content (AvgIpc) is 2.10. The third-order valence-corrected chi connectivity index (χ3v) is 2.28. The Balaban J connectivity index is 2.95. The Morgan fingerprint density at radius 2 is 1.86 bits per heavy atom. The van der Waals surface area contributed by atoms with E-state index in [-0.39, 0.29) is 5.95 Å². The zero-order chi connectivity index (χ0) is 10.3. The molecule has 0 aliphatic rings. The molecule has 5 nitrogen and oxygen atoms in total. The second-order valence-corrected chi connectivity index (χ2v) is 3.23. The molecule has 0 amide bonds. The van der Waals surface area contributed by atoms with E-state index in [9.17, 15) is 0 Å². The summed E-state index contributed by atoms with van der Waals surface area (Å²) in [5.41, 5.74) is 13.9. The summed E-state index contributed by atoms with van der Waals surface area (Å²) in [5.74, 6) is 0.548. The molecule has 2 aromatic rings. The second kappa shape index (κ2) is 2.80. The van der Waals surface area contributed by atoms with Crippen LogP contribution in [-0.4, -0.2) is 15.0 Å². The molecule has 0 atom stereocenters. The van der Waals surface area contributed by atoms with Crippen molar-refractivity contribution in [3.63, 3.8) is 0 Å². The van der Waals surface area contributed by atoms with Crippen LogP contribution in [0.4, 0.5) is 11.8 Å². The lowest BCUT2D eigenvalue weighted by molar-refractivity contribution is 1.17. The van der Waals surface area contributed by atoms with Crippen LogP contribution in [0.2, 0.25) is 0 Å². The number of aryl methyl sites for hydroxylation is 2. The predicted molar refractivity (Wildman–Crippen MR) is 55.6 cm³/mol. The Morgan fingerprint density at radius 1 is 1.14 bits per heavy atom. The van der Waals surface area contributed by atoms with E-state index in [1.807, 2.05) is 13.8 Å². The van der Waals surface area contributed by atoms with E-state index in [4.69, 9.17) is 11.5 Å². The molecule has 4 N–H and O–H groups in total. The van der Waals surface area contributed by atoms with E-state index < -0.39 is 0 Å². The molecule has 14 heavy (non-hydrogen) atoms. The number of nitrogens with two attached hydrogens (primary N) is 2. The van der Waals surface area contributed by atoms with E-state index in [2.05, 4.69) is 15.0 Å². The van der Waals surface area contributed by atoms with Gasteiger partial charge in [0.15, 0.2) is 5.65 Å². The van der Waals surface area contributed by atoms with Crippen LogP contribution >= 0.6 is 0 Å². The third kappa shape index (κ3) is 1.14. The van der Waals surface area contributed by atoms with Crippen molar-refractivity contribution in [3.05, 3.63) is 17.3 Å². The molecule has 0 aromatic carbocycles. The SMILES string of the molecule is Cc1cnc2nc(N)nc(N)c2c1C. The molecule has 2 heterocycles. The smallest absolute Gasteiger partial charge is 0.224 e. The van der Waals surface area contributed by atoms with Crippen LogP contribution in [0.3, 0.4) is 0 Å². The minimum Gasteiger partial charge on any atom is -0.383 e. The summed E-state index contributed by atoms with van der Waals surface area (Å²) >= 11 is 0. The van der Waals surface area contributed by atoms with Crippen LogP contribution in [0.1, 0.15) is 11.1 Å². The molecule has 0 bridgehead atoms. The summed E-state index contributed by atoms with van der Waals surface area (Å²) in [4.78, 5) is 12.1.